The van der Waals surface area contributed by atoms with Gasteiger partial charge in [-0.3, -0.25) is 0 Å². The van der Waals surface area contributed by atoms with Crippen molar-refractivity contribution in [3.8, 4) is 5.75 Å². The van der Waals surface area contributed by atoms with Gasteiger partial charge in [0, 0.05) is 0 Å². The van der Waals surface area contributed by atoms with Crippen molar-refractivity contribution in [3.05, 3.63) is 18.3 Å². The number of aromatic hydroxyl groups is 1. The first-order valence-electron chi connectivity index (χ1n) is 4.43. The molecule has 0 saturated heterocycles. The molecule has 0 spiro atoms. The van der Waals surface area contributed by atoms with E-state index in [0.29, 0.717) is 16.6 Å². The van der Waals surface area contributed by atoms with Gasteiger partial charge < -0.3 is 20.8 Å². The fourth-order valence-electron chi connectivity index (χ4n) is 1.35. The molecule has 0 unspecified atom stereocenters. The van der Waals surface area contributed by atoms with Gasteiger partial charge in [0.05, 0.1) is 23.9 Å². The number of hydrogen-bond donors (Lipinski definition) is 3. The fourth-order valence-corrected chi connectivity index (χ4v) is 1.35. The van der Waals surface area contributed by atoms with Crippen LogP contribution in [0.4, 0.5) is 5.69 Å². The maximum atomic E-state index is 9.52. The molecule has 80 valence electrons. The lowest BCUT2D eigenvalue weighted by atomic mass is 10.2. The van der Waals surface area contributed by atoms with Gasteiger partial charge in [0.1, 0.15) is 17.9 Å². The smallest absolute Gasteiger partial charge is 0.140 e. The number of hydrogen-bond acceptors (Lipinski definition) is 5. The molecule has 0 saturated carbocycles. The van der Waals surface area contributed by atoms with Crippen LogP contribution in [0.15, 0.2) is 18.3 Å². The number of anilines is 1. The van der Waals surface area contributed by atoms with E-state index >= 15 is 0 Å². The molecule has 15 heavy (non-hydrogen) atoms. The van der Waals surface area contributed by atoms with Gasteiger partial charge in [0.25, 0.3) is 0 Å². The van der Waals surface area contributed by atoms with Crippen molar-refractivity contribution in [2.45, 2.75) is 0 Å². The molecule has 0 atom stereocenters. The Morgan fingerprint density at radius 3 is 3.00 bits per heavy atom. The summed E-state index contributed by atoms with van der Waals surface area (Å²) < 4.78 is 0. The summed E-state index contributed by atoms with van der Waals surface area (Å²) in [6.07, 6.45) is 1.46. The number of nitrogens with zero attached hydrogens (tertiary/aromatic N) is 2. The highest BCUT2D eigenvalue weighted by atomic mass is 16.7. The predicted molar refractivity (Wildman–Crippen MR) is 54.3 cm³/mol. The van der Waals surface area contributed by atoms with Crippen molar-refractivity contribution in [2.75, 3.05) is 18.9 Å². The highest BCUT2D eigenvalue weighted by molar-refractivity contribution is 5.93. The first-order chi connectivity index (χ1) is 7.24. The Kier molecular flexibility index (Phi) is 2.34. The Morgan fingerprint density at radius 1 is 1.47 bits per heavy atom. The molecule has 0 fully saturated rings. The van der Waals surface area contributed by atoms with Crippen LogP contribution in [-0.2, 0) is 0 Å². The van der Waals surface area contributed by atoms with Crippen molar-refractivity contribution in [1.82, 2.24) is 9.94 Å². The lowest BCUT2D eigenvalue weighted by Crippen LogP contribution is -2.16. The molecule has 6 nitrogen and oxygen atoms in total. The summed E-state index contributed by atoms with van der Waals surface area (Å²) in [6.45, 7) is 0.00590. The van der Waals surface area contributed by atoms with Crippen molar-refractivity contribution in [1.29, 1.82) is 0 Å². The minimum atomic E-state index is -0.111. The summed E-state index contributed by atoms with van der Waals surface area (Å²) in [5.74, 6) is 0.0954. The quantitative estimate of drug-likeness (QED) is 0.478. The highest BCUT2D eigenvalue weighted by Gasteiger charge is 2.10. The first kappa shape index (κ1) is 9.60. The normalized spacial score (nSPS) is 10.7. The largest absolute Gasteiger partial charge is 0.507 e. The van der Waals surface area contributed by atoms with Crippen molar-refractivity contribution in [3.63, 3.8) is 0 Å². The van der Waals surface area contributed by atoms with Crippen molar-refractivity contribution < 1.29 is 15.1 Å². The molecule has 0 amide bonds. The van der Waals surface area contributed by atoms with Crippen LogP contribution in [0.5, 0.6) is 5.75 Å². The summed E-state index contributed by atoms with van der Waals surface area (Å²) in [6, 6.07) is 3.06. The van der Waals surface area contributed by atoms with E-state index in [1.807, 2.05) is 0 Å². The highest BCUT2D eigenvalue weighted by Crippen LogP contribution is 2.28. The average Bonchev–Trinajstić information content (AvgIpc) is 2.65. The van der Waals surface area contributed by atoms with Crippen LogP contribution in [0.25, 0.3) is 10.9 Å². The standard InChI is InChI=1S/C9H11N3O3/c10-7-1-2-8(14)6-5-11-12(9(6)7)15-4-3-13/h1-2,5,13-14H,3-4,10H2. The maximum Gasteiger partial charge on any atom is 0.140 e. The van der Waals surface area contributed by atoms with Crippen LogP contribution in [0.2, 0.25) is 0 Å². The number of nitrogens with two attached hydrogens (primary N) is 1. The van der Waals surface area contributed by atoms with Gasteiger partial charge in [-0.15, -0.1) is 5.10 Å². The zero-order valence-electron chi connectivity index (χ0n) is 7.92. The van der Waals surface area contributed by atoms with E-state index in [2.05, 4.69) is 5.10 Å². The molecule has 0 bridgehead atoms. The number of rotatable bonds is 3. The number of fused-ring (bicyclic) bond motifs is 1. The van der Waals surface area contributed by atoms with E-state index in [-0.39, 0.29) is 19.0 Å². The maximum absolute atomic E-state index is 9.52. The molecule has 0 aliphatic heterocycles. The average molecular weight is 209 g/mol. The Bertz CT molecular complexity index is 481. The Morgan fingerprint density at radius 2 is 2.27 bits per heavy atom. The molecule has 2 aromatic rings. The number of aliphatic hydroxyl groups is 1. The van der Waals surface area contributed by atoms with Crippen LogP contribution in [-0.4, -0.2) is 33.4 Å². The lowest BCUT2D eigenvalue weighted by molar-refractivity contribution is 0.0618. The van der Waals surface area contributed by atoms with Crippen LogP contribution >= 0.6 is 0 Å². The van der Waals surface area contributed by atoms with E-state index in [4.69, 9.17) is 15.7 Å². The molecular weight excluding hydrogens is 198 g/mol. The van der Waals surface area contributed by atoms with E-state index in [1.54, 1.807) is 6.07 Å². The Balaban J connectivity index is 2.53. The molecule has 1 aromatic carbocycles. The molecular formula is C9H11N3O3. The second-order valence-corrected chi connectivity index (χ2v) is 3.01. The molecule has 0 aliphatic rings. The Hall–Kier alpha value is -1.95. The second kappa shape index (κ2) is 3.66. The number of phenolic OH excluding ortho intramolecular Hbond substituents is 1. The number of aromatic nitrogens is 2. The third-order valence-electron chi connectivity index (χ3n) is 2.01. The van der Waals surface area contributed by atoms with Crippen LogP contribution in [0.1, 0.15) is 0 Å². The molecule has 1 heterocycles. The van der Waals surface area contributed by atoms with Crippen LogP contribution in [0, 0.1) is 0 Å². The van der Waals surface area contributed by atoms with Gasteiger partial charge in [-0.1, -0.05) is 4.85 Å². The zero-order chi connectivity index (χ0) is 10.8. The molecule has 0 radical (unpaired) electrons. The number of phenols is 1. The monoisotopic (exact) mass is 209 g/mol. The van der Waals surface area contributed by atoms with Gasteiger partial charge >= 0.3 is 0 Å². The third kappa shape index (κ3) is 1.55. The summed E-state index contributed by atoms with van der Waals surface area (Å²) in [5, 5.41) is 22.6. The minimum Gasteiger partial charge on any atom is -0.507 e. The van der Waals surface area contributed by atoms with Gasteiger partial charge in [-0.2, -0.15) is 0 Å². The number of aliphatic hydroxyl groups excluding tert-OH is 1. The van der Waals surface area contributed by atoms with Crippen LogP contribution in [0.3, 0.4) is 0 Å². The van der Waals surface area contributed by atoms with Crippen LogP contribution < -0.4 is 10.6 Å². The van der Waals surface area contributed by atoms with Gasteiger partial charge in [0.15, 0.2) is 0 Å². The van der Waals surface area contributed by atoms with E-state index in [1.165, 1.54) is 17.1 Å². The van der Waals surface area contributed by atoms with Gasteiger partial charge in [-0.25, -0.2) is 0 Å². The Labute approximate surface area is 85.4 Å². The lowest BCUT2D eigenvalue weighted by Gasteiger charge is -2.06. The minimum absolute atomic E-state index is 0.0954. The third-order valence-corrected chi connectivity index (χ3v) is 2.01. The van der Waals surface area contributed by atoms with Crippen molar-refractivity contribution in [2.24, 2.45) is 0 Å². The second-order valence-electron chi connectivity index (χ2n) is 3.01. The molecule has 4 N–H and O–H groups in total. The molecule has 2 rings (SSSR count). The van der Waals surface area contributed by atoms with Gasteiger partial charge in [0.2, 0.25) is 0 Å². The fraction of sp³-hybridized carbons (Fsp3) is 0.222. The summed E-state index contributed by atoms with van der Waals surface area (Å²) in [5.41, 5.74) is 6.69. The summed E-state index contributed by atoms with van der Waals surface area (Å²) in [7, 11) is 0. The van der Waals surface area contributed by atoms with Gasteiger partial charge in [-0.05, 0) is 12.1 Å². The first-order valence-corrected chi connectivity index (χ1v) is 4.43. The number of nitrogen functional groups attached to an aromatic ring is 1. The number of benzene rings is 1. The molecule has 1 aromatic heterocycles. The summed E-state index contributed by atoms with van der Waals surface area (Å²) >= 11 is 0. The predicted octanol–water partition coefficient (Wildman–Crippen LogP) is -0.255. The van der Waals surface area contributed by atoms with E-state index in [0.717, 1.165) is 0 Å². The van der Waals surface area contributed by atoms with Crippen molar-refractivity contribution >= 4 is 16.6 Å². The summed E-state index contributed by atoms with van der Waals surface area (Å²) in [4.78, 5) is 6.30. The molecule has 0 aliphatic carbocycles. The zero-order valence-corrected chi connectivity index (χ0v) is 7.92. The molecule has 6 heteroatoms. The SMILES string of the molecule is Nc1ccc(O)c2cnn(OCCO)c12. The van der Waals surface area contributed by atoms with E-state index in [9.17, 15) is 5.11 Å². The topological polar surface area (TPSA) is 93.5 Å². The van der Waals surface area contributed by atoms with E-state index < -0.39 is 0 Å².